The minimum atomic E-state index is -4.41. The van der Waals surface area contributed by atoms with Gasteiger partial charge in [-0.05, 0) is 24.4 Å². The topological polar surface area (TPSA) is 108 Å². The van der Waals surface area contributed by atoms with Crippen LogP contribution in [0.4, 0.5) is 19.0 Å². The highest BCUT2D eigenvalue weighted by Gasteiger charge is 2.66. The lowest BCUT2D eigenvalue weighted by Gasteiger charge is -2.15. The molecule has 3 aromatic heterocycles. The van der Waals surface area contributed by atoms with Gasteiger partial charge in [0.15, 0.2) is 22.9 Å². The summed E-state index contributed by atoms with van der Waals surface area (Å²) in [6.45, 7) is 7.93. The molecule has 0 aliphatic heterocycles. The molecule has 4 aromatic rings. The Morgan fingerprint density at radius 2 is 1.92 bits per heavy atom. The first kappa shape index (κ1) is 27.0. The van der Waals surface area contributed by atoms with E-state index >= 15 is 0 Å². The number of ether oxygens (including phenoxy) is 1. The summed E-state index contributed by atoms with van der Waals surface area (Å²) >= 11 is 0. The average Bonchev–Trinajstić information content (AvgIpc) is 3.41. The molecule has 5 rings (SSSR count). The van der Waals surface area contributed by atoms with E-state index in [0.29, 0.717) is 35.9 Å². The zero-order chi connectivity index (χ0) is 27.8. The van der Waals surface area contributed by atoms with Gasteiger partial charge in [0, 0.05) is 26.3 Å². The van der Waals surface area contributed by atoms with Crippen molar-refractivity contribution in [3.63, 3.8) is 0 Å². The summed E-state index contributed by atoms with van der Waals surface area (Å²) in [6, 6.07) is 9.46. The van der Waals surface area contributed by atoms with Crippen molar-refractivity contribution in [2.45, 2.75) is 63.3 Å². The maximum absolute atomic E-state index is 13.3. The Morgan fingerprint density at radius 1 is 1.18 bits per heavy atom. The lowest BCUT2D eigenvalue weighted by Crippen LogP contribution is -2.28. The number of aromatic nitrogens is 5. The predicted octanol–water partition coefficient (Wildman–Crippen LogP) is 5.57. The Bertz CT molecular complexity index is 1470. The summed E-state index contributed by atoms with van der Waals surface area (Å²) in [5.74, 6) is -0.724. The van der Waals surface area contributed by atoms with E-state index < -0.39 is 25.6 Å². The Kier molecular flexibility index (Phi) is 7.05. The number of hydrogen-bond acceptors (Lipinski definition) is 7. The largest absolute Gasteiger partial charge is 0.401 e. The lowest BCUT2D eigenvalue weighted by atomic mass is 10.0. The van der Waals surface area contributed by atoms with Crippen LogP contribution in [0.2, 0.25) is 25.7 Å². The number of imidazole rings is 1. The summed E-state index contributed by atoms with van der Waals surface area (Å²) < 4.78 is 52.4. The molecule has 1 aliphatic carbocycles. The second-order valence-corrected chi connectivity index (χ2v) is 16.7. The highest BCUT2D eigenvalue weighted by molar-refractivity contribution is 6.76. The Hall–Kier alpha value is -3.58. The summed E-state index contributed by atoms with van der Waals surface area (Å²) in [6.07, 6.45) is -1.18. The van der Waals surface area contributed by atoms with Crippen molar-refractivity contribution >= 4 is 31.1 Å². The normalized spacial score (nSPS) is 15.0. The highest BCUT2D eigenvalue weighted by Crippen LogP contribution is 2.59. The van der Waals surface area contributed by atoms with Gasteiger partial charge in [-0.3, -0.25) is 9.36 Å². The molecular weight excluding hydrogens is 529 g/mol. The molecule has 0 radical (unpaired) electrons. The predicted molar refractivity (Wildman–Crippen MR) is 141 cm³/mol. The van der Waals surface area contributed by atoms with Gasteiger partial charge in [-0.2, -0.15) is 13.2 Å². The van der Waals surface area contributed by atoms with Crippen LogP contribution in [0.25, 0.3) is 22.6 Å². The molecule has 1 N–H and O–H groups in total. The molecule has 39 heavy (non-hydrogen) atoms. The van der Waals surface area contributed by atoms with Crippen LogP contribution in [0.5, 0.6) is 0 Å². The maximum atomic E-state index is 13.3. The third-order valence-electron chi connectivity index (χ3n) is 6.71. The van der Waals surface area contributed by atoms with Crippen LogP contribution in [0.1, 0.15) is 24.2 Å². The first-order valence-corrected chi connectivity index (χ1v) is 16.3. The summed E-state index contributed by atoms with van der Waals surface area (Å²) in [5, 5.41) is 6.10. The standard InChI is InChI=1S/C26H29F3N6O3Si/c1-39(2,3)11-10-37-16-35-15-31-23-24(35)32-19(14-30-23)18-6-4-17(5-7-18)12-22(36)33-21-13-20(38-34-21)25(8-9-25)26(27,28)29/h4-7,13-15H,8-12,16H2,1-3H3,(H,33,34,36). The van der Waals surface area contributed by atoms with Crippen LogP contribution in [0, 0.1) is 0 Å². The molecule has 3 heterocycles. The lowest BCUT2D eigenvalue weighted by molar-refractivity contribution is -0.165. The number of nitrogens with one attached hydrogen (secondary N) is 1. The van der Waals surface area contributed by atoms with Crippen molar-refractivity contribution in [2.75, 3.05) is 11.9 Å². The number of benzene rings is 1. The van der Waals surface area contributed by atoms with E-state index in [1.807, 2.05) is 16.7 Å². The minimum absolute atomic E-state index is 0.0130. The number of halogens is 3. The van der Waals surface area contributed by atoms with Crippen LogP contribution in [-0.4, -0.2) is 51.4 Å². The van der Waals surface area contributed by atoms with Crippen molar-refractivity contribution in [3.05, 3.63) is 54.2 Å². The molecule has 1 amide bonds. The van der Waals surface area contributed by atoms with E-state index in [2.05, 4.69) is 40.1 Å². The van der Waals surface area contributed by atoms with E-state index in [1.165, 1.54) is 0 Å². The molecule has 9 nitrogen and oxygen atoms in total. The quantitative estimate of drug-likeness (QED) is 0.200. The number of alkyl halides is 3. The van der Waals surface area contributed by atoms with E-state index in [1.54, 1.807) is 24.7 Å². The fraction of sp³-hybridized carbons (Fsp3) is 0.423. The second-order valence-electron chi connectivity index (χ2n) is 11.0. The second kappa shape index (κ2) is 10.2. The Balaban J connectivity index is 1.20. The van der Waals surface area contributed by atoms with Crippen LogP contribution < -0.4 is 5.32 Å². The molecule has 206 valence electrons. The van der Waals surface area contributed by atoms with Crippen molar-refractivity contribution in [2.24, 2.45) is 0 Å². The fourth-order valence-corrected chi connectivity index (χ4v) is 4.89. The van der Waals surface area contributed by atoms with Crippen molar-refractivity contribution in [1.82, 2.24) is 24.7 Å². The minimum Gasteiger partial charge on any atom is -0.361 e. The molecule has 0 saturated heterocycles. The monoisotopic (exact) mass is 558 g/mol. The van der Waals surface area contributed by atoms with Crippen LogP contribution >= 0.6 is 0 Å². The average molecular weight is 559 g/mol. The first-order valence-electron chi connectivity index (χ1n) is 12.6. The summed E-state index contributed by atoms with van der Waals surface area (Å²) in [7, 11) is -1.18. The fourth-order valence-electron chi connectivity index (χ4n) is 4.13. The third kappa shape index (κ3) is 6.03. The van der Waals surface area contributed by atoms with Gasteiger partial charge >= 0.3 is 6.18 Å². The van der Waals surface area contributed by atoms with Crippen LogP contribution in [-0.2, 0) is 28.1 Å². The molecule has 0 bridgehead atoms. The Labute approximate surface area is 223 Å². The van der Waals surface area contributed by atoms with E-state index in [0.717, 1.165) is 17.7 Å². The van der Waals surface area contributed by atoms with Gasteiger partial charge in [0.1, 0.15) is 18.5 Å². The molecule has 1 fully saturated rings. The van der Waals surface area contributed by atoms with Crippen molar-refractivity contribution < 1.29 is 27.2 Å². The number of rotatable bonds is 10. The highest BCUT2D eigenvalue weighted by atomic mass is 28.3. The zero-order valence-electron chi connectivity index (χ0n) is 21.9. The van der Waals surface area contributed by atoms with E-state index in [4.69, 9.17) is 14.2 Å². The van der Waals surface area contributed by atoms with E-state index in [-0.39, 0.29) is 30.8 Å². The van der Waals surface area contributed by atoms with Crippen LogP contribution in [0.3, 0.4) is 0 Å². The number of amides is 1. The van der Waals surface area contributed by atoms with Gasteiger partial charge in [0.25, 0.3) is 0 Å². The molecule has 1 saturated carbocycles. The van der Waals surface area contributed by atoms with Crippen molar-refractivity contribution in [1.29, 1.82) is 0 Å². The summed E-state index contributed by atoms with van der Waals surface area (Å²) in [4.78, 5) is 25.9. The molecule has 1 aliphatic rings. The van der Waals surface area contributed by atoms with Gasteiger partial charge in [-0.25, -0.2) is 15.0 Å². The van der Waals surface area contributed by atoms with E-state index in [9.17, 15) is 18.0 Å². The van der Waals surface area contributed by atoms with Gasteiger partial charge in [0.05, 0.1) is 18.3 Å². The number of carbonyl (C=O) groups is 1. The van der Waals surface area contributed by atoms with Gasteiger partial charge in [-0.1, -0.05) is 49.1 Å². The molecular formula is C26H29F3N6O3Si. The number of anilines is 1. The number of hydrogen-bond donors (Lipinski definition) is 1. The summed E-state index contributed by atoms with van der Waals surface area (Å²) in [5.41, 5.74) is 1.33. The van der Waals surface area contributed by atoms with Gasteiger partial charge in [0.2, 0.25) is 5.91 Å². The molecule has 0 unspecified atom stereocenters. The molecule has 0 atom stereocenters. The molecule has 13 heteroatoms. The first-order chi connectivity index (χ1) is 18.4. The SMILES string of the molecule is C[Si](C)(C)CCOCn1cnc2ncc(-c3ccc(CC(=O)Nc4cc(C5(C(F)(F)F)CC5)on4)cc3)nc21. The number of fused-ring (bicyclic) bond motifs is 1. The number of nitrogens with zero attached hydrogens (tertiary/aromatic N) is 5. The Morgan fingerprint density at radius 3 is 2.59 bits per heavy atom. The van der Waals surface area contributed by atoms with Gasteiger partial charge < -0.3 is 14.6 Å². The zero-order valence-corrected chi connectivity index (χ0v) is 22.9. The smallest absolute Gasteiger partial charge is 0.361 e. The number of carbonyl (C=O) groups excluding carboxylic acids is 1. The van der Waals surface area contributed by atoms with Gasteiger partial charge in [-0.15, -0.1) is 0 Å². The molecule has 0 spiro atoms. The van der Waals surface area contributed by atoms with Crippen molar-refractivity contribution in [3.8, 4) is 11.3 Å². The maximum Gasteiger partial charge on any atom is 0.401 e. The molecule has 1 aromatic carbocycles. The van der Waals surface area contributed by atoms with Crippen LogP contribution in [0.15, 0.2) is 47.4 Å². The third-order valence-corrected chi connectivity index (χ3v) is 8.41.